The van der Waals surface area contributed by atoms with Crippen molar-refractivity contribution in [3.63, 3.8) is 0 Å². The Morgan fingerprint density at radius 1 is 1.28 bits per heavy atom. The lowest BCUT2D eigenvalue weighted by atomic mass is 9.99. The first-order valence-electron chi connectivity index (χ1n) is 6.07. The van der Waals surface area contributed by atoms with Gasteiger partial charge in [0.25, 0.3) is 0 Å². The number of carbonyl (C=O) groups excluding carboxylic acids is 1. The Bertz CT molecular complexity index is 549. The van der Waals surface area contributed by atoms with Crippen LogP contribution in [-0.4, -0.2) is 22.5 Å². The van der Waals surface area contributed by atoms with Gasteiger partial charge in [-0.3, -0.25) is 4.79 Å². The highest BCUT2D eigenvalue weighted by Gasteiger charge is 2.20. The number of hydrogen-bond donors (Lipinski definition) is 0. The number of fused-ring (bicyclic) bond motifs is 1. The fourth-order valence-electron chi connectivity index (χ4n) is 2.30. The molecule has 1 amide bonds. The van der Waals surface area contributed by atoms with Crippen molar-refractivity contribution < 1.29 is 9.32 Å². The Balaban J connectivity index is 1.70. The van der Waals surface area contributed by atoms with Crippen LogP contribution in [0, 0.1) is 0 Å². The second-order valence-corrected chi connectivity index (χ2v) is 4.50. The highest BCUT2D eigenvalue weighted by molar-refractivity contribution is 5.78. The normalized spacial score (nSPS) is 14.3. The van der Waals surface area contributed by atoms with Crippen molar-refractivity contribution >= 4 is 5.91 Å². The lowest BCUT2D eigenvalue weighted by molar-refractivity contribution is -0.131. The van der Waals surface area contributed by atoms with Crippen molar-refractivity contribution in [1.82, 2.24) is 10.1 Å². The first-order valence-corrected chi connectivity index (χ1v) is 6.07. The maximum absolute atomic E-state index is 12.1. The molecule has 4 heteroatoms. The van der Waals surface area contributed by atoms with Crippen LogP contribution in [0.2, 0.25) is 0 Å². The van der Waals surface area contributed by atoms with E-state index in [1.807, 2.05) is 17.0 Å². The Morgan fingerprint density at radius 3 is 2.89 bits per heavy atom. The summed E-state index contributed by atoms with van der Waals surface area (Å²) in [5.74, 6) is 0.110. The van der Waals surface area contributed by atoms with E-state index in [-0.39, 0.29) is 5.91 Å². The average Bonchev–Trinajstić information content (AvgIpc) is 2.91. The lowest BCUT2D eigenvalue weighted by Gasteiger charge is -2.28. The molecule has 92 valence electrons. The van der Waals surface area contributed by atoms with Crippen LogP contribution in [-0.2, 0) is 24.2 Å². The van der Waals surface area contributed by atoms with E-state index in [0.717, 1.165) is 13.0 Å². The molecule has 18 heavy (non-hydrogen) atoms. The molecule has 1 aliphatic heterocycles. The van der Waals surface area contributed by atoms with Gasteiger partial charge in [-0.25, -0.2) is 0 Å². The van der Waals surface area contributed by atoms with Crippen molar-refractivity contribution in [2.75, 3.05) is 6.54 Å². The lowest BCUT2D eigenvalue weighted by Crippen LogP contribution is -2.36. The monoisotopic (exact) mass is 242 g/mol. The van der Waals surface area contributed by atoms with Crippen molar-refractivity contribution in [2.45, 2.75) is 19.4 Å². The van der Waals surface area contributed by atoms with Crippen LogP contribution in [0.4, 0.5) is 0 Å². The minimum absolute atomic E-state index is 0.110. The molecule has 0 N–H and O–H groups in total. The number of amides is 1. The van der Waals surface area contributed by atoms with E-state index in [2.05, 4.69) is 17.3 Å². The molecule has 0 atom stereocenters. The van der Waals surface area contributed by atoms with Crippen LogP contribution in [0.15, 0.2) is 41.1 Å². The number of rotatable bonds is 2. The summed E-state index contributed by atoms with van der Waals surface area (Å²) >= 11 is 0. The van der Waals surface area contributed by atoms with Gasteiger partial charge in [-0.05, 0) is 17.5 Å². The predicted molar refractivity (Wildman–Crippen MR) is 65.8 cm³/mol. The molecule has 2 heterocycles. The van der Waals surface area contributed by atoms with Crippen molar-refractivity contribution in [3.05, 3.63) is 53.4 Å². The summed E-state index contributed by atoms with van der Waals surface area (Å²) in [5, 5.41) is 3.77. The fourth-order valence-corrected chi connectivity index (χ4v) is 2.30. The van der Waals surface area contributed by atoms with E-state index in [0.29, 0.717) is 18.7 Å². The Kier molecular flexibility index (Phi) is 2.84. The molecule has 0 aliphatic carbocycles. The maximum Gasteiger partial charge on any atom is 0.229 e. The van der Waals surface area contributed by atoms with E-state index in [1.54, 1.807) is 6.07 Å². The summed E-state index contributed by atoms with van der Waals surface area (Å²) in [6.07, 6.45) is 2.74. The van der Waals surface area contributed by atoms with Gasteiger partial charge in [-0.2, -0.15) is 0 Å². The topological polar surface area (TPSA) is 46.3 Å². The SMILES string of the molecule is O=C(Cc1ccon1)N1CCc2ccccc2C1. The molecule has 1 aromatic heterocycles. The summed E-state index contributed by atoms with van der Waals surface area (Å²) in [7, 11) is 0. The summed E-state index contributed by atoms with van der Waals surface area (Å²) < 4.78 is 4.74. The second kappa shape index (κ2) is 4.64. The van der Waals surface area contributed by atoms with E-state index < -0.39 is 0 Å². The zero-order valence-corrected chi connectivity index (χ0v) is 10.0. The van der Waals surface area contributed by atoms with Crippen LogP contribution in [0.3, 0.4) is 0 Å². The number of benzene rings is 1. The zero-order chi connectivity index (χ0) is 12.4. The van der Waals surface area contributed by atoms with Gasteiger partial charge in [0.05, 0.1) is 12.1 Å². The highest BCUT2D eigenvalue weighted by Crippen LogP contribution is 2.19. The molecule has 0 unspecified atom stereocenters. The molecule has 0 bridgehead atoms. The second-order valence-electron chi connectivity index (χ2n) is 4.50. The molecule has 0 saturated carbocycles. The Labute approximate surface area is 105 Å². The van der Waals surface area contributed by atoms with Crippen molar-refractivity contribution in [2.24, 2.45) is 0 Å². The van der Waals surface area contributed by atoms with Gasteiger partial charge in [-0.15, -0.1) is 0 Å². The zero-order valence-electron chi connectivity index (χ0n) is 10.0. The van der Waals surface area contributed by atoms with E-state index in [1.165, 1.54) is 17.4 Å². The molecule has 1 aromatic carbocycles. The van der Waals surface area contributed by atoms with E-state index in [4.69, 9.17) is 4.52 Å². The minimum Gasteiger partial charge on any atom is -0.364 e. The number of hydrogen-bond acceptors (Lipinski definition) is 3. The molecular weight excluding hydrogens is 228 g/mol. The molecule has 0 saturated heterocycles. The average molecular weight is 242 g/mol. The molecule has 0 radical (unpaired) electrons. The van der Waals surface area contributed by atoms with Gasteiger partial charge in [0.2, 0.25) is 5.91 Å². The first-order chi connectivity index (χ1) is 8.83. The molecule has 2 aromatic rings. The van der Waals surface area contributed by atoms with E-state index in [9.17, 15) is 4.79 Å². The van der Waals surface area contributed by atoms with Gasteiger partial charge in [0, 0.05) is 19.2 Å². The van der Waals surface area contributed by atoms with Crippen LogP contribution in [0.1, 0.15) is 16.8 Å². The standard InChI is InChI=1S/C14H14N2O2/c17-14(9-13-6-8-18-15-13)16-7-5-11-3-1-2-4-12(11)10-16/h1-4,6,8H,5,7,9-10H2. The van der Waals surface area contributed by atoms with Gasteiger partial charge in [0.15, 0.2) is 0 Å². The summed E-state index contributed by atoms with van der Waals surface area (Å²) in [5.41, 5.74) is 3.29. The smallest absolute Gasteiger partial charge is 0.229 e. The van der Waals surface area contributed by atoms with Gasteiger partial charge >= 0.3 is 0 Å². The maximum atomic E-state index is 12.1. The van der Waals surface area contributed by atoms with Gasteiger partial charge < -0.3 is 9.42 Å². The fraction of sp³-hybridized carbons (Fsp3) is 0.286. The molecule has 4 nitrogen and oxygen atoms in total. The third-order valence-corrected chi connectivity index (χ3v) is 3.31. The molecular formula is C14H14N2O2. The third kappa shape index (κ3) is 2.14. The van der Waals surface area contributed by atoms with Crippen molar-refractivity contribution in [1.29, 1.82) is 0 Å². The summed E-state index contributed by atoms with van der Waals surface area (Å²) in [4.78, 5) is 14.0. The molecule has 1 aliphatic rings. The quantitative estimate of drug-likeness (QED) is 0.806. The number of aromatic nitrogens is 1. The number of carbonyl (C=O) groups is 1. The Morgan fingerprint density at radius 2 is 2.11 bits per heavy atom. The Hall–Kier alpha value is -2.10. The van der Waals surface area contributed by atoms with Crippen LogP contribution in [0.25, 0.3) is 0 Å². The van der Waals surface area contributed by atoms with Crippen LogP contribution >= 0.6 is 0 Å². The summed E-state index contributed by atoms with van der Waals surface area (Å²) in [6, 6.07) is 10.0. The van der Waals surface area contributed by atoms with Gasteiger partial charge in [0.1, 0.15) is 6.26 Å². The van der Waals surface area contributed by atoms with Crippen molar-refractivity contribution in [3.8, 4) is 0 Å². The van der Waals surface area contributed by atoms with Crippen LogP contribution < -0.4 is 0 Å². The third-order valence-electron chi connectivity index (χ3n) is 3.31. The number of nitrogens with zero attached hydrogens (tertiary/aromatic N) is 2. The summed E-state index contributed by atoms with van der Waals surface area (Å²) in [6.45, 7) is 1.49. The molecule has 0 fully saturated rings. The highest BCUT2D eigenvalue weighted by atomic mass is 16.5. The minimum atomic E-state index is 0.110. The first kappa shape index (κ1) is 11.0. The van der Waals surface area contributed by atoms with E-state index >= 15 is 0 Å². The predicted octanol–water partition coefficient (Wildman–Crippen LogP) is 1.80. The molecule has 0 spiro atoms. The van der Waals surface area contributed by atoms with Crippen LogP contribution in [0.5, 0.6) is 0 Å². The van der Waals surface area contributed by atoms with Gasteiger partial charge in [-0.1, -0.05) is 29.4 Å². The largest absolute Gasteiger partial charge is 0.364 e. The molecule has 3 rings (SSSR count).